The summed E-state index contributed by atoms with van der Waals surface area (Å²) in [5.74, 6) is 0.625. The van der Waals surface area contributed by atoms with E-state index >= 15 is 0 Å². The van der Waals surface area contributed by atoms with Gasteiger partial charge in [-0.2, -0.15) is 0 Å². The second kappa shape index (κ2) is 5.98. The number of anilines is 1. The van der Waals surface area contributed by atoms with Crippen LogP contribution in [0.2, 0.25) is 0 Å². The topological polar surface area (TPSA) is 51.4 Å². The molecule has 0 saturated carbocycles. The summed E-state index contributed by atoms with van der Waals surface area (Å²) in [6, 6.07) is 2.01. The maximum Gasteiger partial charge on any atom is 0.0598 e. The van der Waals surface area contributed by atoms with E-state index in [1.54, 1.807) is 7.11 Å². The largest absolute Gasteiger partial charge is 0.384 e. The molecule has 1 saturated heterocycles. The first-order valence-electron chi connectivity index (χ1n) is 6.22. The summed E-state index contributed by atoms with van der Waals surface area (Å²) in [7, 11) is 1.77. The Labute approximate surface area is 103 Å². The van der Waals surface area contributed by atoms with Crippen molar-refractivity contribution in [2.75, 3.05) is 31.7 Å². The lowest BCUT2D eigenvalue weighted by atomic mass is 9.98. The third kappa shape index (κ3) is 2.96. The Morgan fingerprint density at radius 2 is 2.47 bits per heavy atom. The van der Waals surface area contributed by atoms with Gasteiger partial charge in [-0.1, -0.05) is 0 Å². The molecule has 94 valence electrons. The Kier molecular flexibility index (Phi) is 4.34. The molecule has 1 aliphatic rings. The summed E-state index contributed by atoms with van der Waals surface area (Å²) in [6.07, 6.45) is 6.20. The fourth-order valence-corrected chi connectivity index (χ4v) is 2.53. The van der Waals surface area contributed by atoms with Gasteiger partial charge in [-0.3, -0.25) is 4.98 Å². The van der Waals surface area contributed by atoms with Crippen molar-refractivity contribution in [3.63, 3.8) is 0 Å². The van der Waals surface area contributed by atoms with Crippen LogP contribution in [0, 0.1) is 5.92 Å². The number of piperidine rings is 1. The molecule has 2 N–H and O–H groups in total. The van der Waals surface area contributed by atoms with E-state index in [0.29, 0.717) is 12.5 Å². The molecule has 2 heterocycles. The van der Waals surface area contributed by atoms with Crippen LogP contribution < -0.4 is 10.6 Å². The number of ether oxygens (including phenoxy) is 1. The Morgan fingerprint density at radius 3 is 3.24 bits per heavy atom. The van der Waals surface area contributed by atoms with Crippen LogP contribution in [0.4, 0.5) is 5.69 Å². The number of hydrogen-bond donors (Lipinski definition) is 1. The molecular weight excluding hydrogens is 214 g/mol. The smallest absolute Gasteiger partial charge is 0.0598 e. The SMILES string of the molecule is COCC1CCCN(c2cnccc2CN)C1. The van der Waals surface area contributed by atoms with Crippen molar-refractivity contribution < 1.29 is 4.74 Å². The van der Waals surface area contributed by atoms with Crippen molar-refractivity contribution in [3.05, 3.63) is 24.0 Å². The predicted octanol–water partition coefficient (Wildman–Crippen LogP) is 1.40. The van der Waals surface area contributed by atoms with Crippen LogP contribution in [0.25, 0.3) is 0 Å². The zero-order valence-electron chi connectivity index (χ0n) is 10.4. The number of nitrogens with two attached hydrogens (primary N) is 1. The predicted molar refractivity (Wildman–Crippen MR) is 68.9 cm³/mol. The van der Waals surface area contributed by atoms with Gasteiger partial charge in [-0.15, -0.1) is 0 Å². The summed E-state index contributed by atoms with van der Waals surface area (Å²) in [4.78, 5) is 6.60. The first-order valence-corrected chi connectivity index (χ1v) is 6.22. The molecule has 1 unspecified atom stereocenters. The van der Waals surface area contributed by atoms with Gasteiger partial charge in [0, 0.05) is 32.9 Å². The standard InChI is InChI=1S/C13H21N3O/c1-17-10-11-3-2-6-16(9-11)13-8-15-5-4-12(13)7-14/h4-5,8,11H,2-3,6-7,9-10,14H2,1H3. The second-order valence-electron chi connectivity index (χ2n) is 4.62. The fourth-order valence-electron chi connectivity index (χ4n) is 2.53. The van der Waals surface area contributed by atoms with Gasteiger partial charge in [-0.25, -0.2) is 0 Å². The Bertz CT molecular complexity index is 354. The van der Waals surface area contributed by atoms with Gasteiger partial charge in [0.05, 0.1) is 18.5 Å². The van der Waals surface area contributed by atoms with Gasteiger partial charge < -0.3 is 15.4 Å². The zero-order valence-corrected chi connectivity index (χ0v) is 10.4. The quantitative estimate of drug-likeness (QED) is 0.857. The van der Waals surface area contributed by atoms with E-state index in [1.165, 1.54) is 24.1 Å². The van der Waals surface area contributed by atoms with Gasteiger partial charge in [0.15, 0.2) is 0 Å². The lowest BCUT2D eigenvalue weighted by Crippen LogP contribution is -2.37. The highest BCUT2D eigenvalue weighted by Crippen LogP contribution is 2.25. The summed E-state index contributed by atoms with van der Waals surface area (Å²) < 4.78 is 5.26. The lowest BCUT2D eigenvalue weighted by Gasteiger charge is -2.34. The molecule has 2 rings (SSSR count). The van der Waals surface area contributed by atoms with Crippen molar-refractivity contribution in [2.45, 2.75) is 19.4 Å². The van der Waals surface area contributed by atoms with E-state index in [4.69, 9.17) is 10.5 Å². The van der Waals surface area contributed by atoms with Crippen LogP contribution in [0.15, 0.2) is 18.5 Å². The third-order valence-electron chi connectivity index (χ3n) is 3.37. The number of pyridine rings is 1. The summed E-state index contributed by atoms with van der Waals surface area (Å²) in [5, 5.41) is 0. The van der Waals surface area contributed by atoms with Crippen LogP contribution in [-0.4, -0.2) is 31.8 Å². The molecule has 4 nitrogen and oxygen atoms in total. The summed E-state index contributed by atoms with van der Waals surface area (Å²) in [5.41, 5.74) is 8.14. The monoisotopic (exact) mass is 235 g/mol. The minimum Gasteiger partial charge on any atom is -0.384 e. The molecule has 4 heteroatoms. The van der Waals surface area contributed by atoms with Gasteiger partial charge in [0.25, 0.3) is 0 Å². The van der Waals surface area contributed by atoms with Crippen molar-refractivity contribution in [1.29, 1.82) is 0 Å². The number of aromatic nitrogens is 1. The molecule has 0 aromatic carbocycles. The van der Waals surface area contributed by atoms with Crippen LogP contribution in [0.1, 0.15) is 18.4 Å². The highest BCUT2D eigenvalue weighted by atomic mass is 16.5. The van der Waals surface area contributed by atoms with E-state index in [0.717, 1.165) is 19.7 Å². The molecule has 1 atom stereocenters. The van der Waals surface area contributed by atoms with E-state index in [9.17, 15) is 0 Å². The van der Waals surface area contributed by atoms with Crippen LogP contribution >= 0.6 is 0 Å². The molecule has 0 radical (unpaired) electrons. The molecule has 17 heavy (non-hydrogen) atoms. The van der Waals surface area contributed by atoms with Crippen molar-refractivity contribution in [2.24, 2.45) is 11.7 Å². The highest BCUT2D eigenvalue weighted by molar-refractivity contribution is 5.51. The molecule has 0 aliphatic carbocycles. The molecule has 1 aromatic rings. The second-order valence-corrected chi connectivity index (χ2v) is 4.62. The molecule has 1 aliphatic heterocycles. The lowest BCUT2D eigenvalue weighted by molar-refractivity contribution is 0.143. The van der Waals surface area contributed by atoms with E-state index < -0.39 is 0 Å². The molecule has 0 bridgehead atoms. The van der Waals surface area contributed by atoms with E-state index in [1.807, 2.05) is 18.5 Å². The Balaban J connectivity index is 2.10. The number of nitrogens with zero attached hydrogens (tertiary/aromatic N) is 2. The number of rotatable bonds is 4. The highest BCUT2D eigenvalue weighted by Gasteiger charge is 2.21. The van der Waals surface area contributed by atoms with Gasteiger partial charge in [0.1, 0.15) is 0 Å². The van der Waals surface area contributed by atoms with Crippen LogP contribution in [0.5, 0.6) is 0 Å². The molecule has 0 spiro atoms. The van der Waals surface area contributed by atoms with Crippen LogP contribution in [0.3, 0.4) is 0 Å². The Morgan fingerprint density at radius 1 is 1.59 bits per heavy atom. The number of methoxy groups -OCH3 is 1. The Hall–Kier alpha value is -1.13. The maximum atomic E-state index is 5.77. The summed E-state index contributed by atoms with van der Waals surface area (Å²) in [6.45, 7) is 3.56. The van der Waals surface area contributed by atoms with Crippen molar-refractivity contribution in [1.82, 2.24) is 4.98 Å². The van der Waals surface area contributed by atoms with Gasteiger partial charge in [-0.05, 0) is 30.4 Å². The fraction of sp³-hybridized carbons (Fsp3) is 0.615. The van der Waals surface area contributed by atoms with Crippen molar-refractivity contribution >= 4 is 5.69 Å². The minimum absolute atomic E-state index is 0.573. The number of hydrogen-bond acceptors (Lipinski definition) is 4. The average molecular weight is 235 g/mol. The first kappa shape index (κ1) is 12.3. The summed E-state index contributed by atoms with van der Waals surface area (Å²) >= 11 is 0. The van der Waals surface area contributed by atoms with E-state index in [2.05, 4.69) is 9.88 Å². The molecule has 0 amide bonds. The first-order chi connectivity index (χ1) is 8.35. The zero-order chi connectivity index (χ0) is 12.1. The van der Waals surface area contributed by atoms with E-state index in [-0.39, 0.29) is 0 Å². The van der Waals surface area contributed by atoms with Crippen molar-refractivity contribution in [3.8, 4) is 0 Å². The normalized spacial score (nSPS) is 20.6. The van der Waals surface area contributed by atoms with Gasteiger partial charge >= 0.3 is 0 Å². The molecular formula is C13H21N3O. The maximum absolute atomic E-state index is 5.77. The third-order valence-corrected chi connectivity index (χ3v) is 3.37. The molecule has 1 fully saturated rings. The van der Waals surface area contributed by atoms with Gasteiger partial charge in [0.2, 0.25) is 0 Å². The molecule has 1 aromatic heterocycles. The average Bonchev–Trinajstić information content (AvgIpc) is 2.39. The van der Waals surface area contributed by atoms with Crippen LogP contribution in [-0.2, 0) is 11.3 Å². The minimum atomic E-state index is 0.573.